The highest BCUT2D eigenvalue weighted by Gasteiger charge is 2.20. The number of phenols is 1. The van der Waals surface area contributed by atoms with Crippen molar-refractivity contribution in [2.75, 3.05) is 0 Å². The van der Waals surface area contributed by atoms with Crippen LogP contribution >= 0.6 is 0 Å². The molecular weight excluding hydrogens is 244 g/mol. The van der Waals surface area contributed by atoms with Crippen LogP contribution in [0.15, 0.2) is 24.4 Å². The van der Waals surface area contributed by atoms with Crippen LogP contribution < -0.4 is 5.32 Å². The molecule has 1 aromatic carbocycles. The molecule has 0 amide bonds. The van der Waals surface area contributed by atoms with E-state index in [2.05, 4.69) is 10.3 Å². The standard InChI is InChI=1S/C14H18N2O3/c1-8(2)16-13(14(18)19)5-9-7-15-12-4-3-10(17)6-11(9)12/h3-4,6-8,13,15-17H,5H2,1-2H3,(H,18,19). The van der Waals surface area contributed by atoms with Gasteiger partial charge in [-0.2, -0.15) is 0 Å². The average Bonchev–Trinajstić information content (AvgIpc) is 2.70. The number of carboxylic acid groups (broad SMARTS) is 1. The number of aromatic hydroxyl groups is 1. The second-order valence-corrected chi connectivity index (χ2v) is 4.96. The predicted octanol–water partition coefficient (Wildman–Crippen LogP) is 1.87. The van der Waals surface area contributed by atoms with Gasteiger partial charge in [0.15, 0.2) is 0 Å². The second-order valence-electron chi connectivity index (χ2n) is 4.96. The number of carboxylic acids is 1. The van der Waals surface area contributed by atoms with E-state index in [0.29, 0.717) is 6.42 Å². The molecule has 0 bridgehead atoms. The van der Waals surface area contributed by atoms with Crippen molar-refractivity contribution in [3.63, 3.8) is 0 Å². The van der Waals surface area contributed by atoms with Crippen LogP contribution in [0, 0.1) is 0 Å². The van der Waals surface area contributed by atoms with E-state index in [4.69, 9.17) is 0 Å². The first-order valence-corrected chi connectivity index (χ1v) is 6.25. The molecule has 102 valence electrons. The van der Waals surface area contributed by atoms with E-state index in [1.54, 1.807) is 24.4 Å². The summed E-state index contributed by atoms with van der Waals surface area (Å²) in [5.74, 6) is -0.694. The molecule has 19 heavy (non-hydrogen) atoms. The molecule has 0 fully saturated rings. The summed E-state index contributed by atoms with van der Waals surface area (Å²) in [5.41, 5.74) is 1.77. The molecule has 0 spiro atoms. The number of carbonyl (C=O) groups is 1. The van der Waals surface area contributed by atoms with Gasteiger partial charge in [-0.25, -0.2) is 0 Å². The Bertz CT molecular complexity index is 589. The maximum Gasteiger partial charge on any atom is 0.321 e. The predicted molar refractivity (Wildman–Crippen MR) is 73.4 cm³/mol. The van der Waals surface area contributed by atoms with Crippen LogP contribution in [0.5, 0.6) is 5.75 Å². The topological polar surface area (TPSA) is 85.4 Å². The maximum absolute atomic E-state index is 11.2. The van der Waals surface area contributed by atoms with Gasteiger partial charge in [0.05, 0.1) is 0 Å². The summed E-state index contributed by atoms with van der Waals surface area (Å²) in [6, 6.07) is 4.49. The van der Waals surface area contributed by atoms with Crippen molar-refractivity contribution < 1.29 is 15.0 Å². The van der Waals surface area contributed by atoms with Crippen LogP contribution in [-0.4, -0.2) is 33.3 Å². The Morgan fingerprint density at radius 2 is 2.16 bits per heavy atom. The fourth-order valence-electron chi connectivity index (χ4n) is 2.18. The Morgan fingerprint density at radius 3 is 2.79 bits per heavy atom. The molecule has 0 radical (unpaired) electrons. The number of aromatic amines is 1. The minimum Gasteiger partial charge on any atom is -0.508 e. The summed E-state index contributed by atoms with van der Waals surface area (Å²) in [5, 5.41) is 22.6. The quantitative estimate of drug-likeness (QED) is 0.662. The van der Waals surface area contributed by atoms with Gasteiger partial charge in [0.1, 0.15) is 11.8 Å². The molecule has 5 nitrogen and oxygen atoms in total. The number of rotatable bonds is 5. The van der Waals surface area contributed by atoms with E-state index in [1.165, 1.54) is 0 Å². The molecule has 0 aliphatic rings. The first-order valence-electron chi connectivity index (χ1n) is 6.25. The molecule has 2 rings (SSSR count). The maximum atomic E-state index is 11.2. The molecule has 1 atom stereocenters. The number of phenolic OH excluding ortho intramolecular Hbond substituents is 1. The summed E-state index contributed by atoms with van der Waals surface area (Å²) < 4.78 is 0. The van der Waals surface area contributed by atoms with Crippen LogP contribution in [0.4, 0.5) is 0 Å². The zero-order valence-electron chi connectivity index (χ0n) is 11.0. The number of H-pyrrole nitrogens is 1. The Labute approximate surface area is 111 Å². The third-order valence-electron chi connectivity index (χ3n) is 3.01. The molecule has 4 N–H and O–H groups in total. The van der Waals surface area contributed by atoms with Crippen molar-refractivity contribution in [1.29, 1.82) is 0 Å². The second kappa shape index (κ2) is 5.32. The monoisotopic (exact) mass is 262 g/mol. The van der Waals surface area contributed by atoms with Gasteiger partial charge in [0.2, 0.25) is 0 Å². The lowest BCUT2D eigenvalue weighted by molar-refractivity contribution is -0.139. The van der Waals surface area contributed by atoms with Crippen LogP contribution in [0.2, 0.25) is 0 Å². The van der Waals surface area contributed by atoms with Crippen LogP contribution in [-0.2, 0) is 11.2 Å². The molecule has 0 saturated carbocycles. The highest BCUT2D eigenvalue weighted by Crippen LogP contribution is 2.23. The molecule has 1 unspecified atom stereocenters. The van der Waals surface area contributed by atoms with Crippen molar-refractivity contribution in [3.8, 4) is 5.75 Å². The van der Waals surface area contributed by atoms with E-state index in [1.807, 2.05) is 13.8 Å². The summed E-state index contributed by atoms with van der Waals surface area (Å²) in [6.45, 7) is 3.83. The number of nitrogens with one attached hydrogen (secondary N) is 2. The molecule has 0 saturated heterocycles. The fourth-order valence-corrected chi connectivity index (χ4v) is 2.18. The first-order chi connectivity index (χ1) is 8.97. The minimum atomic E-state index is -0.872. The van der Waals surface area contributed by atoms with Gasteiger partial charge in [-0.3, -0.25) is 4.79 Å². The van der Waals surface area contributed by atoms with Crippen molar-refractivity contribution in [2.24, 2.45) is 0 Å². The van der Waals surface area contributed by atoms with Crippen molar-refractivity contribution in [1.82, 2.24) is 10.3 Å². The summed E-state index contributed by atoms with van der Waals surface area (Å²) >= 11 is 0. The molecule has 0 aliphatic heterocycles. The van der Waals surface area contributed by atoms with Gasteiger partial charge in [-0.05, 0) is 23.8 Å². The molecule has 5 heteroatoms. The highest BCUT2D eigenvalue weighted by atomic mass is 16.4. The number of benzene rings is 1. The Hall–Kier alpha value is -2.01. The lowest BCUT2D eigenvalue weighted by Gasteiger charge is -2.16. The smallest absolute Gasteiger partial charge is 0.321 e. The Morgan fingerprint density at radius 1 is 1.42 bits per heavy atom. The molecule has 0 aliphatic carbocycles. The zero-order chi connectivity index (χ0) is 14.0. The molecule has 1 heterocycles. The number of aliphatic carboxylic acids is 1. The largest absolute Gasteiger partial charge is 0.508 e. The fraction of sp³-hybridized carbons (Fsp3) is 0.357. The summed E-state index contributed by atoms with van der Waals surface area (Å²) in [6.07, 6.45) is 2.17. The van der Waals surface area contributed by atoms with Gasteiger partial charge in [-0.15, -0.1) is 0 Å². The van der Waals surface area contributed by atoms with E-state index in [-0.39, 0.29) is 11.8 Å². The molecule has 1 aromatic heterocycles. The van der Waals surface area contributed by atoms with Gasteiger partial charge in [0.25, 0.3) is 0 Å². The Balaban J connectivity index is 2.28. The van der Waals surface area contributed by atoms with Crippen molar-refractivity contribution in [3.05, 3.63) is 30.0 Å². The van der Waals surface area contributed by atoms with Crippen LogP contribution in [0.1, 0.15) is 19.4 Å². The Kier molecular flexibility index (Phi) is 3.76. The summed E-state index contributed by atoms with van der Waals surface area (Å²) in [7, 11) is 0. The lowest BCUT2D eigenvalue weighted by atomic mass is 10.0. The lowest BCUT2D eigenvalue weighted by Crippen LogP contribution is -2.42. The average molecular weight is 262 g/mol. The number of aromatic nitrogens is 1. The first kappa shape index (κ1) is 13.4. The van der Waals surface area contributed by atoms with E-state index < -0.39 is 12.0 Å². The zero-order valence-corrected chi connectivity index (χ0v) is 11.0. The third kappa shape index (κ3) is 3.06. The van der Waals surface area contributed by atoms with Gasteiger partial charge >= 0.3 is 5.97 Å². The highest BCUT2D eigenvalue weighted by molar-refractivity contribution is 5.85. The SMILES string of the molecule is CC(C)NC(Cc1c[nH]c2ccc(O)cc12)C(=O)O. The number of hydrogen-bond acceptors (Lipinski definition) is 3. The van der Waals surface area contributed by atoms with E-state index in [9.17, 15) is 15.0 Å². The van der Waals surface area contributed by atoms with Gasteiger partial charge in [0, 0.05) is 29.6 Å². The normalized spacial score (nSPS) is 13.0. The van der Waals surface area contributed by atoms with E-state index >= 15 is 0 Å². The number of fused-ring (bicyclic) bond motifs is 1. The van der Waals surface area contributed by atoms with Crippen molar-refractivity contribution >= 4 is 16.9 Å². The van der Waals surface area contributed by atoms with Crippen LogP contribution in [0.25, 0.3) is 10.9 Å². The van der Waals surface area contributed by atoms with Crippen LogP contribution in [0.3, 0.4) is 0 Å². The number of hydrogen-bond donors (Lipinski definition) is 4. The molecular formula is C14H18N2O3. The third-order valence-corrected chi connectivity index (χ3v) is 3.01. The molecule has 2 aromatic rings. The summed E-state index contributed by atoms with van der Waals surface area (Å²) in [4.78, 5) is 14.3. The van der Waals surface area contributed by atoms with Gasteiger partial charge < -0.3 is 20.5 Å². The van der Waals surface area contributed by atoms with Crippen molar-refractivity contribution in [2.45, 2.75) is 32.4 Å². The minimum absolute atomic E-state index is 0.0970. The van der Waals surface area contributed by atoms with E-state index in [0.717, 1.165) is 16.5 Å². The van der Waals surface area contributed by atoms with Gasteiger partial charge in [-0.1, -0.05) is 13.8 Å².